The molecule has 3 nitrogen and oxygen atoms in total. The van der Waals surface area contributed by atoms with E-state index in [1.807, 2.05) is 12.1 Å². The molecule has 0 aliphatic carbocycles. The first-order valence-electron chi connectivity index (χ1n) is 3.69. The summed E-state index contributed by atoms with van der Waals surface area (Å²) in [5, 5.41) is 2.96. The number of hydrogen-bond acceptors (Lipinski definition) is 3. The van der Waals surface area contributed by atoms with Crippen LogP contribution in [-0.2, 0) is 6.54 Å². The van der Waals surface area contributed by atoms with Gasteiger partial charge in [-0.1, -0.05) is 12.0 Å². The summed E-state index contributed by atoms with van der Waals surface area (Å²) < 4.78 is 0. The van der Waals surface area contributed by atoms with Gasteiger partial charge in [-0.3, -0.25) is 0 Å². The summed E-state index contributed by atoms with van der Waals surface area (Å²) in [5.41, 5.74) is 6.42. The molecule has 0 atom stereocenters. The largest absolute Gasteiger partial charge is 0.359 e. The van der Waals surface area contributed by atoms with Crippen LogP contribution in [0.4, 0.5) is 5.82 Å². The van der Waals surface area contributed by atoms with Gasteiger partial charge in [0.1, 0.15) is 5.82 Å². The molecule has 0 radical (unpaired) electrons. The van der Waals surface area contributed by atoms with E-state index in [1.54, 1.807) is 6.20 Å². The van der Waals surface area contributed by atoms with Crippen molar-refractivity contribution >= 4 is 5.82 Å². The highest BCUT2D eigenvalue weighted by Crippen LogP contribution is 2.03. The van der Waals surface area contributed by atoms with Crippen LogP contribution in [0, 0.1) is 12.3 Å². The first-order valence-corrected chi connectivity index (χ1v) is 3.69. The fourth-order valence-electron chi connectivity index (χ4n) is 0.791. The van der Waals surface area contributed by atoms with Gasteiger partial charge in [0.25, 0.3) is 0 Å². The Morgan fingerprint density at radius 3 is 2.92 bits per heavy atom. The molecule has 0 saturated heterocycles. The number of nitrogens with two attached hydrogens (primary N) is 1. The van der Waals surface area contributed by atoms with E-state index >= 15 is 0 Å². The molecule has 1 aromatic heterocycles. The molecule has 0 spiro atoms. The zero-order chi connectivity index (χ0) is 8.81. The van der Waals surface area contributed by atoms with Crippen LogP contribution in [0.15, 0.2) is 18.3 Å². The Labute approximate surface area is 72.0 Å². The maximum Gasteiger partial charge on any atom is 0.126 e. The Bertz CT molecular complexity index is 271. The second kappa shape index (κ2) is 4.37. The van der Waals surface area contributed by atoms with E-state index in [-0.39, 0.29) is 0 Å². The lowest BCUT2D eigenvalue weighted by molar-refractivity contribution is 1.05. The van der Waals surface area contributed by atoms with E-state index < -0.39 is 0 Å². The van der Waals surface area contributed by atoms with Gasteiger partial charge in [0.15, 0.2) is 0 Å². The summed E-state index contributed by atoms with van der Waals surface area (Å²) in [5.74, 6) is 3.25. The van der Waals surface area contributed by atoms with Crippen molar-refractivity contribution in [1.29, 1.82) is 0 Å². The normalized spacial score (nSPS) is 9.00. The second-order valence-corrected chi connectivity index (χ2v) is 2.31. The molecule has 12 heavy (non-hydrogen) atoms. The highest BCUT2D eigenvalue weighted by atomic mass is 15.0. The van der Waals surface area contributed by atoms with Gasteiger partial charge in [0, 0.05) is 12.7 Å². The number of nitrogens with zero attached hydrogens (tertiary/aromatic N) is 1. The highest BCUT2D eigenvalue weighted by molar-refractivity contribution is 5.36. The Morgan fingerprint density at radius 1 is 1.58 bits per heavy atom. The first kappa shape index (κ1) is 8.57. The molecule has 0 aliphatic rings. The van der Waals surface area contributed by atoms with E-state index in [9.17, 15) is 0 Å². The third kappa shape index (κ3) is 2.26. The van der Waals surface area contributed by atoms with Crippen LogP contribution < -0.4 is 11.1 Å². The maximum absolute atomic E-state index is 5.41. The predicted octanol–water partition coefficient (Wildman–Crippen LogP) is 0.585. The molecule has 0 fully saturated rings. The van der Waals surface area contributed by atoms with Gasteiger partial charge in [-0.05, 0) is 11.6 Å². The molecule has 0 amide bonds. The molecule has 1 heterocycles. The van der Waals surface area contributed by atoms with Gasteiger partial charge in [0.2, 0.25) is 0 Å². The zero-order valence-corrected chi connectivity index (χ0v) is 6.75. The lowest BCUT2D eigenvalue weighted by Crippen LogP contribution is -2.02. The Balaban J connectivity index is 2.60. The number of rotatable bonds is 3. The number of hydrogen-bond donors (Lipinski definition) is 2. The summed E-state index contributed by atoms with van der Waals surface area (Å²) in [4.78, 5) is 4.10. The average Bonchev–Trinajstić information content (AvgIpc) is 2.15. The third-order valence-corrected chi connectivity index (χ3v) is 1.43. The quantitative estimate of drug-likeness (QED) is 0.638. The molecule has 0 bridgehead atoms. The summed E-state index contributed by atoms with van der Waals surface area (Å²) in [7, 11) is 0. The van der Waals surface area contributed by atoms with Gasteiger partial charge < -0.3 is 11.1 Å². The molecule has 1 rings (SSSR count). The minimum Gasteiger partial charge on any atom is -0.359 e. The minimum atomic E-state index is 0.495. The van der Waals surface area contributed by atoms with Crippen molar-refractivity contribution in [3.05, 3.63) is 23.9 Å². The second-order valence-electron chi connectivity index (χ2n) is 2.31. The first-order chi connectivity index (χ1) is 5.86. The van der Waals surface area contributed by atoms with E-state index in [4.69, 9.17) is 12.2 Å². The zero-order valence-electron chi connectivity index (χ0n) is 6.75. The molecule has 3 N–H and O–H groups in total. The topological polar surface area (TPSA) is 50.9 Å². The van der Waals surface area contributed by atoms with Crippen molar-refractivity contribution in [3.63, 3.8) is 0 Å². The molecule has 1 aromatic rings. The molecule has 0 saturated carbocycles. The minimum absolute atomic E-state index is 0.495. The van der Waals surface area contributed by atoms with Crippen LogP contribution in [0.1, 0.15) is 5.56 Å². The maximum atomic E-state index is 5.41. The average molecular weight is 161 g/mol. The number of terminal acetylenes is 1. The lowest BCUT2D eigenvalue weighted by Gasteiger charge is -2.01. The van der Waals surface area contributed by atoms with Crippen LogP contribution >= 0.6 is 0 Å². The molecular weight excluding hydrogens is 150 g/mol. The highest BCUT2D eigenvalue weighted by Gasteiger charge is 1.91. The summed E-state index contributed by atoms with van der Waals surface area (Å²) in [6, 6.07) is 3.78. The Kier molecular flexibility index (Phi) is 3.12. The van der Waals surface area contributed by atoms with Gasteiger partial charge in [-0.25, -0.2) is 4.98 Å². The molecule has 62 valence electrons. The van der Waals surface area contributed by atoms with E-state index in [1.165, 1.54) is 0 Å². The Morgan fingerprint density at radius 2 is 2.42 bits per heavy atom. The Hall–Kier alpha value is -1.53. The van der Waals surface area contributed by atoms with E-state index in [0.717, 1.165) is 11.4 Å². The van der Waals surface area contributed by atoms with Crippen molar-refractivity contribution < 1.29 is 0 Å². The van der Waals surface area contributed by atoms with Crippen molar-refractivity contribution in [3.8, 4) is 12.3 Å². The predicted molar refractivity (Wildman–Crippen MR) is 49.5 cm³/mol. The number of anilines is 1. The van der Waals surface area contributed by atoms with Crippen molar-refractivity contribution in [2.75, 3.05) is 11.9 Å². The smallest absolute Gasteiger partial charge is 0.126 e. The SMILES string of the molecule is C#CCNc1ccc(CN)cn1. The van der Waals surface area contributed by atoms with Crippen molar-refractivity contribution in [2.45, 2.75) is 6.54 Å². The standard InChI is InChI=1S/C9H11N3/c1-2-5-11-9-4-3-8(6-10)7-12-9/h1,3-4,7H,5-6,10H2,(H,11,12). The lowest BCUT2D eigenvalue weighted by atomic mass is 10.3. The van der Waals surface area contributed by atoms with Gasteiger partial charge in [-0.2, -0.15) is 0 Å². The molecule has 0 aliphatic heterocycles. The molecule has 0 aromatic carbocycles. The summed E-state index contributed by atoms with van der Waals surface area (Å²) >= 11 is 0. The fourth-order valence-corrected chi connectivity index (χ4v) is 0.791. The summed E-state index contributed by atoms with van der Waals surface area (Å²) in [6.07, 6.45) is 6.81. The van der Waals surface area contributed by atoms with Crippen LogP contribution in [0.2, 0.25) is 0 Å². The van der Waals surface area contributed by atoms with Gasteiger partial charge in [-0.15, -0.1) is 6.42 Å². The van der Waals surface area contributed by atoms with Crippen LogP contribution in [0.25, 0.3) is 0 Å². The summed E-state index contributed by atoms with van der Waals surface area (Å²) in [6.45, 7) is 1.01. The van der Waals surface area contributed by atoms with Crippen LogP contribution in [0.5, 0.6) is 0 Å². The van der Waals surface area contributed by atoms with Gasteiger partial charge >= 0.3 is 0 Å². The van der Waals surface area contributed by atoms with Crippen molar-refractivity contribution in [2.24, 2.45) is 5.73 Å². The molecule has 3 heteroatoms. The fraction of sp³-hybridized carbons (Fsp3) is 0.222. The van der Waals surface area contributed by atoms with Crippen molar-refractivity contribution in [1.82, 2.24) is 4.98 Å². The molecule has 0 unspecified atom stereocenters. The number of nitrogens with one attached hydrogen (secondary N) is 1. The van der Waals surface area contributed by atoms with Gasteiger partial charge in [0.05, 0.1) is 6.54 Å². The number of pyridine rings is 1. The van der Waals surface area contributed by atoms with E-state index in [2.05, 4.69) is 16.2 Å². The van der Waals surface area contributed by atoms with E-state index in [0.29, 0.717) is 13.1 Å². The van der Waals surface area contributed by atoms with Crippen LogP contribution in [0.3, 0.4) is 0 Å². The third-order valence-electron chi connectivity index (χ3n) is 1.43. The number of aromatic nitrogens is 1. The monoisotopic (exact) mass is 161 g/mol. The molecular formula is C9H11N3. The van der Waals surface area contributed by atoms with Crippen LogP contribution in [-0.4, -0.2) is 11.5 Å².